The van der Waals surface area contributed by atoms with E-state index in [1.807, 2.05) is 0 Å². The van der Waals surface area contributed by atoms with Gasteiger partial charge in [0.2, 0.25) is 0 Å². The first kappa shape index (κ1) is 15.9. The molecule has 3 aliphatic rings. The van der Waals surface area contributed by atoms with Crippen molar-refractivity contribution in [1.82, 2.24) is 0 Å². The maximum Gasteiger partial charge on any atom is 0.344 e. The number of rotatable bonds is 4. The van der Waals surface area contributed by atoms with Crippen LogP contribution in [0.25, 0.3) is 0 Å². The molecule has 5 atom stereocenters. The van der Waals surface area contributed by atoms with Crippen LogP contribution >= 0.6 is 0 Å². The fourth-order valence-corrected chi connectivity index (χ4v) is 4.83. The van der Waals surface area contributed by atoms with E-state index in [-0.39, 0.29) is 12.0 Å². The second-order valence-electron chi connectivity index (χ2n) is 5.59. The molecule has 9 nitrogen and oxygen atoms in total. The molecule has 3 aliphatic heterocycles. The first-order chi connectivity index (χ1) is 10.7. The topological polar surface area (TPSA) is 129 Å². The molecule has 0 amide bonds. The molecule has 0 aromatic heterocycles. The largest absolute Gasteiger partial charge is 0.454 e. The highest BCUT2D eigenvalue weighted by Crippen LogP contribution is 2.54. The van der Waals surface area contributed by atoms with Crippen LogP contribution in [0.1, 0.15) is 13.3 Å². The number of esters is 2. The van der Waals surface area contributed by atoms with E-state index in [0.717, 1.165) is 0 Å². The molecular weight excluding hydrogens is 330 g/mol. The fraction of sp³-hybridized carbons (Fsp3) is 0.615. The van der Waals surface area contributed by atoms with Gasteiger partial charge in [-0.15, -0.1) is 0 Å². The average molecular weight is 343 g/mol. The van der Waals surface area contributed by atoms with Crippen LogP contribution in [0.15, 0.2) is 12.2 Å². The Labute approximate surface area is 131 Å². The second-order valence-corrected chi connectivity index (χ2v) is 7.37. The average Bonchev–Trinajstić information content (AvgIpc) is 3.04. The molecule has 0 aromatic rings. The van der Waals surface area contributed by atoms with Crippen LogP contribution in [0.3, 0.4) is 0 Å². The van der Waals surface area contributed by atoms with Gasteiger partial charge in [-0.3, -0.25) is 4.18 Å². The molecule has 2 bridgehead atoms. The van der Waals surface area contributed by atoms with Crippen molar-refractivity contribution in [3.63, 3.8) is 0 Å². The van der Waals surface area contributed by atoms with Crippen LogP contribution in [0, 0.1) is 11.3 Å². The minimum atomic E-state index is -4.27. The van der Waals surface area contributed by atoms with E-state index in [1.54, 1.807) is 6.07 Å². The number of carbonyl (C=O) groups is 2. The lowest BCUT2D eigenvalue weighted by Crippen LogP contribution is -2.54. The highest BCUT2D eigenvalue weighted by atomic mass is 32.2. The van der Waals surface area contributed by atoms with Gasteiger partial charge in [-0.1, -0.05) is 6.58 Å². The molecule has 10 heteroatoms. The first-order valence-electron chi connectivity index (χ1n) is 6.74. The van der Waals surface area contributed by atoms with Crippen molar-refractivity contribution >= 4 is 22.1 Å². The highest BCUT2D eigenvalue weighted by Gasteiger charge is 2.78. The van der Waals surface area contributed by atoms with Crippen molar-refractivity contribution in [1.29, 1.82) is 5.26 Å². The quantitative estimate of drug-likeness (QED) is 0.365. The van der Waals surface area contributed by atoms with Gasteiger partial charge < -0.3 is 14.2 Å². The van der Waals surface area contributed by atoms with Crippen LogP contribution in [0.5, 0.6) is 0 Å². The monoisotopic (exact) mass is 343 g/mol. The SMILES string of the molecule is C=C(C)C(=O)OCC(=O)OC1C2CC3OS(=O)(=O)C1(C#N)C3O2. The molecule has 3 heterocycles. The van der Waals surface area contributed by atoms with Gasteiger partial charge in [0.1, 0.15) is 18.3 Å². The zero-order valence-electron chi connectivity index (χ0n) is 12.1. The predicted molar refractivity (Wildman–Crippen MR) is 71.1 cm³/mol. The first-order valence-corrected chi connectivity index (χ1v) is 8.15. The summed E-state index contributed by atoms with van der Waals surface area (Å²) in [5.41, 5.74) is 0.101. The Morgan fingerprint density at radius 1 is 1.43 bits per heavy atom. The van der Waals surface area contributed by atoms with Gasteiger partial charge in [-0.2, -0.15) is 13.7 Å². The Morgan fingerprint density at radius 2 is 2.13 bits per heavy atom. The Hall–Kier alpha value is -1.96. The molecule has 23 heavy (non-hydrogen) atoms. The molecule has 0 aromatic carbocycles. The van der Waals surface area contributed by atoms with E-state index in [9.17, 15) is 23.3 Å². The van der Waals surface area contributed by atoms with Crippen molar-refractivity contribution < 1.29 is 36.4 Å². The van der Waals surface area contributed by atoms with Crippen LogP contribution in [0.4, 0.5) is 0 Å². The summed E-state index contributed by atoms with van der Waals surface area (Å²) in [7, 11) is -4.27. The van der Waals surface area contributed by atoms with Gasteiger partial charge >= 0.3 is 11.9 Å². The van der Waals surface area contributed by atoms with Gasteiger partial charge in [0, 0.05) is 12.0 Å². The molecule has 0 radical (unpaired) electrons. The lowest BCUT2D eigenvalue weighted by atomic mass is 9.85. The molecule has 5 unspecified atom stereocenters. The second kappa shape index (κ2) is 5.02. The predicted octanol–water partition coefficient (Wildman–Crippen LogP) is -0.820. The van der Waals surface area contributed by atoms with Crippen molar-refractivity contribution in [2.24, 2.45) is 0 Å². The van der Waals surface area contributed by atoms with Gasteiger partial charge in [-0.05, 0) is 6.92 Å². The molecule has 0 N–H and O–H groups in total. The summed E-state index contributed by atoms with van der Waals surface area (Å²) in [5.74, 6) is -1.76. The summed E-state index contributed by atoms with van der Waals surface area (Å²) in [6, 6.07) is 1.69. The molecule has 0 spiro atoms. The molecule has 0 aliphatic carbocycles. The smallest absolute Gasteiger partial charge is 0.344 e. The van der Waals surface area contributed by atoms with Crippen molar-refractivity contribution in [3.05, 3.63) is 12.2 Å². The van der Waals surface area contributed by atoms with E-state index in [4.69, 9.17) is 13.7 Å². The molecular formula is C13H13NO8S. The molecule has 3 rings (SSSR count). The Morgan fingerprint density at radius 3 is 2.74 bits per heavy atom. The third kappa shape index (κ3) is 2.08. The number of hydrogen-bond donors (Lipinski definition) is 0. The van der Waals surface area contributed by atoms with Gasteiger partial charge in [0.05, 0.1) is 6.07 Å². The molecule has 124 valence electrons. The van der Waals surface area contributed by atoms with Crippen LogP contribution in [0.2, 0.25) is 0 Å². The Kier molecular flexibility index (Phi) is 3.47. The standard InChI is InChI=1S/C13H13NO8S/c1-6(2)12(16)19-4-9(15)21-10-7-3-8-11(20-7)13(10,5-14)23(17,18)22-8/h7-8,10-11H,1,3-4H2,2H3. The highest BCUT2D eigenvalue weighted by molar-refractivity contribution is 7.88. The van der Waals surface area contributed by atoms with Crippen LogP contribution in [-0.2, 0) is 38.1 Å². The Balaban J connectivity index is 1.76. The minimum absolute atomic E-state index is 0.101. The summed E-state index contributed by atoms with van der Waals surface area (Å²) < 4.78 is 42.3. The lowest BCUT2D eigenvalue weighted by Gasteiger charge is -2.27. The third-order valence-electron chi connectivity index (χ3n) is 4.07. The van der Waals surface area contributed by atoms with Crippen molar-refractivity contribution in [2.75, 3.05) is 6.61 Å². The number of nitriles is 1. The van der Waals surface area contributed by atoms with Crippen LogP contribution < -0.4 is 0 Å². The number of nitrogens with zero attached hydrogens (tertiary/aromatic N) is 1. The van der Waals surface area contributed by atoms with E-state index < -0.39 is 57.8 Å². The van der Waals surface area contributed by atoms with Gasteiger partial charge in [0.15, 0.2) is 12.7 Å². The summed E-state index contributed by atoms with van der Waals surface area (Å²) in [5, 5.41) is 9.40. The summed E-state index contributed by atoms with van der Waals surface area (Å²) in [4.78, 5) is 23.1. The summed E-state index contributed by atoms with van der Waals surface area (Å²) in [6.07, 6.45) is -3.59. The van der Waals surface area contributed by atoms with E-state index in [0.29, 0.717) is 0 Å². The van der Waals surface area contributed by atoms with Crippen molar-refractivity contribution in [2.45, 2.75) is 42.5 Å². The van der Waals surface area contributed by atoms with E-state index in [2.05, 4.69) is 11.3 Å². The lowest BCUT2D eigenvalue weighted by molar-refractivity contribution is -0.162. The molecule has 0 saturated carbocycles. The zero-order valence-corrected chi connectivity index (χ0v) is 12.9. The minimum Gasteiger partial charge on any atom is -0.454 e. The van der Waals surface area contributed by atoms with E-state index >= 15 is 0 Å². The van der Waals surface area contributed by atoms with Gasteiger partial charge in [0.25, 0.3) is 14.9 Å². The van der Waals surface area contributed by atoms with Crippen molar-refractivity contribution in [3.8, 4) is 6.07 Å². The number of fused-ring (bicyclic) bond motifs is 1. The maximum absolute atomic E-state index is 12.2. The number of ether oxygens (including phenoxy) is 3. The Bertz CT molecular complexity index is 738. The number of hydrogen-bond acceptors (Lipinski definition) is 9. The summed E-state index contributed by atoms with van der Waals surface area (Å²) >= 11 is 0. The van der Waals surface area contributed by atoms with Gasteiger partial charge in [-0.25, -0.2) is 9.59 Å². The fourth-order valence-electron chi connectivity index (χ4n) is 3.08. The zero-order chi connectivity index (χ0) is 17.0. The van der Waals surface area contributed by atoms with E-state index in [1.165, 1.54) is 6.92 Å². The van der Waals surface area contributed by atoms with Crippen LogP contribution in [-0.4, -0.2) is 56.1 Å². The summed E-state index contributed by atoms with van der Waals surface area (Å²) in [6.45, 7) is 4.05. The molecule has 3 saturated heterocycles. The normalized spacial score (nSPS) is 38.8. The maximum atomic E-state index is 12.2. The number of carbonyl (C=O) groups excluding carboxylic acids is 2. The molecule has 3 fully saturated rings. The third-order valence-corrected chi connectivity index (χ3v) is 5.96.